The molecule has 0 aliphatic carbocycles. The molecular formula is C12H13F3N2. The van der Waals surface area contributed by atoms with Crippen LogP contribution in [-0.2, 0) is 0 Å². The maximum absolute atomic E-state index is 13.4. The van der Waals surface area contributed by atoms with Gasteiger partial charge in [-0.15, -0.1) is 0 Å². The zero-order chi connectivity index (χ0) is 12.3. The van der Waals surface area contributed by atoms with Crippen molar-refractivity contribution in [3.05, 3.63) is 29.6 Å². The van der Waals surface area contributed by atoms with Crippen LogP contribution in [0.4, 0.5) is 18.9 Å². The summed E-state index contributed by atoms with van der Waals surface area (Å²) < 4.78 is 39.1. The molecule has 1 aromatic carbocycles. The van der Waals surface area contributed by atoms with Gasteiger partial charge in [-0.05, 0) is 25.0 Å². The van der Waals surface area contributed by atoms with Gasteiger partial charge in [-0.2, -0.15) is 0 Å². The predicted octanol–water partition coefficient (Wildman–Crippen LogP) is 3.49. The highest BCUT2D eigenvalue weighted by atomic mass is 19.2. The van der Waals surface area contributed by atoms with Crippen molar-refractivity contribution in [2.75, 3.05) is 11.9 Å². The van der Waals surface area contributed by atoms with Crippen LogP contribution in [0.25, 0.3) is 0 Å². The van der Waals surface area contributed by atoms with Crippen LogP contribution in [0.5, 0.6) is 0 Å². The molecule has 2 rings (SSSR count). The zero-order valence-electron chi connectivity index (χ0n) is 9.27. The summed E-state index contributed by atoms with van der Waals surface area (Å²) in [5.41, 5.74) is -0.0652. The molecule has 0 spiro atoms. The molecule has 0 unspecified atom stereocenters. The van der Waals surface area contributed by atoms with E-state index in [0.717, 1.165) is 25.3 Å². The highest BCUT2D eigenvalue weighted by Gasteiger charge is 2.14. The number of hydrogen-bond acceptors (Lipinski definition) is 2. The van der Waals surface area contributed by atoms with Crippen LogP contribution in [0.3, 0.4) is 0 Å². The molecule has 1 aliphatic heterocycles. The molecule has 0 aromatic heterocycles. The van der Waals surface area contributed by atoms with Gasteiger partial charge in [0.05, 0.1) is 5.69 Å². The number of halogens is 3. The third-order valence-corrected chi connectivity index (χ3v) is 2.69. The van der Waals surface area contributed by atoms with Crippen LogP contribution in [0.1, 0.15) is 25.7 Å². The van der Waals surface area contributed by atoms with Gasteiger partial charge in [0, 0.05) is 13.0 Å². The minimum Gasteiger partial charge on any atom is -0.342 e. The molecule has 1 aromatic rings. The minimum atomic E-state index is -1.45. The van der Waals surface area contributed by atoms with Gasteiger partial charge in [-0.25, -0.2) is 13.2 Å². The van der Waals surface area contributed by atoms with Gasteiger partial charge >= 0.3 is 0 Å². The summed E-state index contributed by atoms with van der Waals surface area (Å²) >= 11 is 0. The average molecular weight is 242 g/mol. The molecule has 1 heterocycles. The molecule has 0 atom stereocenters. The van der Waals surface area contributed by atoms with E-state index in [1.54, 1.807) is 0 Å². The molecule has 5 heteroatoms. The standard InChI is InChI=1S/C12H13F3N2/c13-8-5-6-9(12(15)11(8)14)17-10-4-2-1-3-7-16-10/h5-6H,1-4,7H2,(H,16,17). The van der Waals surface area contributed by atoms with Gasteiger partial charge in [0.25, 0.3) is 0 Å². The monoisotopic (exact) mass is 242 g/mol. The molecule has 0 amide bonds. The Kier molecular flexibility index (Phi) is 3.66. The van der Waals surface area contributed by atoms with Crippen LogP contribution >= 0.6 is 0 Å². The van der Waals surface area contributed by atoms with E-state index in [1.165, 1.54) is 6.07 Å². The van der Waals surface area contributed by atoms with Gasteiger partial charge in [-0.3, -0.25) is 4.99 Å². The van der Waals surface area contributed by atoms with Crippen LogP contribution in [0, 0.1) is 17.5 Å². The first-order valence-corrected chi connectivity index (χ1v) is 5.62. The first-order chi connectivity index (χ1) is 8.18. The number of benzene rings is 1. The Balaban J connectivity index is 2.18. The van der Waals surface area contributed by atoms with Crippen molar-refractivity contribution in [1.82, 2.24) is 0 Å². The van der Waals surface area contributed by atoms with Crippen molar-refractivity contribution < 1.29 is 13.2 Å². The summed E-state index contributed by atoms with van der Waals surface area (Å²) in [5.74, 6) is -3.20. The van der Waals surface area contributed by atoms with Crippen molar-refractivity contribution in [2.24, 2.45) is 4.99 Å². The molecule has 0 radical (unpaired) electrons. The molecule has 0 fully saturated rings. The maximum atomic E-state index is 13.4. The number of nitrogens with zero attached hydrogens (tertiary/aromatic N) is 1. The number of hydrogen-bond donors (Lipinski definition) is 1. The largest absolute Gasteiger partial charge is 0.342 e. The number of rotatable bonds is 1. The number of amidine groups is 1. The first-order valence-electron chi connectivity index (χ1n) is 5.62. The smallest absolute Gasteiger partial charge is 0.196 e. The Labute approximate surface area is 97.6 Å². The van der Waals surface area contributed by atoms with Gasteiger partial charge in [0.2, 0.25) is 0 Å². The average Bonchev–Trinajstić information content (AvgIpc) is 2.59. The van der Waals surface area contributed by atoms with E-state index in [2.05, 4.69) is 10.3 Å². The summed E-state index contributed by atoms with van der Waals surface area (Å²) in [6, 6.07) is 2.08. The Morgan fingerprint density at radius 3 is 2.65 bits per heavy atom. The second-order valence-corrected chi connectivity index (χ2v) is 3.99. The third-order valence-electron chi connectivity index (χ3n) is 2.69. The minimum absolute atomic E-state index is 0.0652. The Morgan fingerprint density at radius 2 is 1.82 bits per heavy atom. The van der Waals surface area contributed by atoms with E-state index in [0.29, 0.717) is 18.8 Å². The van der Waals surface area contributed by atoms with Crippen LogP contribution in [-0.4, -0.2) is 12.4 Å². The van der Waals surface area contributed by atoms with E-state index < -0.39 is 17.5 Å². The highest BCUT2D eigenvalue weighted by molar-refractivity contribution is 5.95. The lowest BCUT2D eigenvalue weighted by Gasteiger charge is -2.09. The Hall–Kier alpha value is -1.52. The van der Waals surface area contributed by atoms with Gasteiger partial charge in [-0.1, -0.05) is 6.42 Å². The predicted molar refractivity (Wildman–Crippen MR) is 60.7 cm³/mol. The molecular weight excluding hydrogens is 229 g/mol. The second-order valence-electron chi connectivity index (χ2n) is 3.99. The SMILES string of the molecule is Fc1ccc(NC2=NCCCCC2)c(F)c1F. The van der Waals surface area contributed by atoms with E-state index >= 15 is 0 Å². The van der Waals surface area contributed by atoms with Crippen molar-refractivity contribution >= 4 is 11.5 Å². The molecule has 0 saturated carbocycles. The van der Waals surface area contributed by atoms with Crippen LogP contribution in [0.2, 0.25) is 0 Å². The lowest BCUT2D eigenvalue weighted by atomic mass is 10.2. The fourth-order valence-electron chi connectivity index (χ4n) is 1.75. The van der Waals surface area contributed by atoms with Gasteiger partial charge in [0.15, 0.2) is 17.5 Å². The highest BCUT2D eigenvalue weighted by Crippen LogP contribution is 2.20. The first kappa shape index (κ1) is 12.0. The van der Waals surface area contributed by atoms with Crippen molar-refractivity contribution in [1.29, 1.82) is 0 Å². The number of anilines is 1. The molecule has 0 bridgehead atoms. The van der Waals surface area contributed by atoms with Crippen molar-refractivity contribution in [3.8, 4) is 0 Å². The maximum Gasteiger partial charge on any atom is 0.196 e. The molecule has 17 heavy (non-hydrogen) atoms. The summed E-state index contributed by atoms with van der Waals surface area (Å²) in [7, 11) is 0. The van der Waals surface area contributed by atoms with E-state index in [9.17, 15) is 13.2 Å². The Morgan fingerprint density at radius 1 is 1.00 bits per heavy atom. The fraction of sp³-hybridized carbons (Fsp3) is 0.417. The van der Waals surface area contributed by atoms with E-state index in [4.69, 9.17) is 0 Å². The summed E-state index contributed by atoms with van der Waals surface area (Å²) in [5, 5.41) is 2.73. The fourth-order valence-corrected chi connectivity index (χ4v) is 1.75. The topological polar surface area (TPSA) is 24.4 Å². The number of nitrogens with one attached hydrogen (secondary N) is 1. The Bertz CT molecular complexity index is 444. The molecule has 0 saturated heterocycles. The molecule has 1 N–H and O–H groups in total. The quantitative estimate of drug-likeness (QED) is 0.749. The molecule has 1 aliphatic rings. The zero-order valence-corrected chi connectivity index (χ0v) is 9.27. The van der Waals surface area contributed by atoms with Crippen molar-refractivity contribution in [2.45, 2.75) is 25.7 Å². The third kappa shape index (κ3) is 2.78. The van der Waals surface area contributed by atoms with E-state index in [-0.39, 0.29) is 5.69 Å². The van der Waals surface area contributed by atoms with Gasteiger partial charge in [0.1, 0.15) is 5.84 Å². The summed E-state index contributed by atoms with van der Waals surface area (Å²) in [6.07, 6.45) is 3.76. The van der Waals surface area contributed by atoms with E-state index in [1.807, 2.05) is 0 Å². The second kappa shape index (κ2) is 5.21. The number of aliphatic imine (C=N–C) groups is 1. The molecule has 92 valence electrons. The van der Waals surface area contributed by atoms with Gasteiger partial charge < -0.3 is 5.32 Å². The van der Waals surface area contributed by atoms with Crippen molar-refractivity contribution in [3.63, 3.8) is 0 Å². The lowest BCUT2D eigenvalue weighted by molar-refractivity contribution is 0.449. The van der Waals surface area contributed by atoms with Crippen LogP contribution < -0.4 is 5.32 Å². The van der Waals surface area contributed by atoms with Crippen LogP contribution in [0.15, 0.2) is 17.1 Å². The normalized spacial score (nSPS) is 16.3. The summed E-state index contributed by atoms with van der Waals surface area (Å²) in [6.45, 7) is 0.688. The summed E-state index contributed by atoms with van der Waals surface area (Å²) in [4.78, 5) is 4.23. The lowest BCUT2D eigenvalue weighted by Crippen LogP contribution is -2.13. The molecule has 2 nitrogen and oxygen atoms in total.